The number of hydrogen-bond acceptors (Lipinski definition) is 3. The monoisotopic (exact) mass is 280 g/mol. The Morgan fingerprint density at radius 2 is 2.15 bits per heavy atom. The van der Waals surface area contributed by atoms with Crippen molar-refractivity contribution in [1.82, 2.24) is 10.2 Å². The Hall–Kier alpha value is -1.52. The van der Waals surface area contributed by atoms with Crippen molar-refractivity contribution in [2.24, 2.45) is 11.8 Å². The van der Waals surface area contributed by atoms with E-state index in [2.05, 4.69) is 17.5 Å². The van der Waals surface area contributed by atoms with Crippen LogP contribution in [0.5, 0.6) is 0 Å². The van der Waals surface area contributed by atoms with Crippen LogP contribution in [0.4, 0.5) is 4.79 Å². The standard InChI is InChI=1S/C15H24N2O3/c1-11-10-17(9-8-13(11)14(18)20-2)15(19)16-12-6-4-3-5-7-12/h4,6,11-13H,3,5,7-10H2,1-2H3,(H,16,19)/t11-,12-,13+/m0/s1. The van der Waals surface area contributed by atoms with Crippen LogP contribution in [0.3, 0.4) is 0 Å². The number of piperidine rings is 1. The number of urea groups is 1. The zero-order valence-corrected chi connectivity index (χ0v) is 12.3. The summed E-state index contributed by atoms with van der Waals surface area (Å²) >= 11 is 0. The second-order valence-corrected chi connectivity index (χ2v) is 5.76. The van der Waals surface area contributed by atoms with Crippen LogP contribution < -0.4 is 5.32 Å². The van der Waals surface area contributed by atoms with Crippen molar-refractivity contribution in [1.29, 1.82) is 0 Å². The molecule has 2 aliphatic rings. The smallest absolute Gasteiger partial charge is 0.317 e. The first-order valence-electron chi connectivity index (χ1n) is 7.41. The van der Waals surface area contributed by atoms with Gasteiger partial charge in [-0.1, -0.05) is 19.1 Å². The van der Waals surface area contributed by atoms with Crippen LogP contribution in [-0.4, -0.2) is 43.1 Å². The molecule has 0 saturated carbocycles. The minimum Gasteiger partial charge on any atom is -0.469 e. The number of esters is 1. The highest BCUT2D eigenvalue weighted by Gasteiger charge is 2.34. The zero-order chi connectivity index (χ0) is 14.5. The van der Waals surface area contributed by atoms with Gasteiger partial charge in [0, 0.05) is 19.1 Å². The van der Waals surface area contributed by atoms with Gasteiger partial charge in [-0.3, -0.25) is 4.79 Å². The van der Waals surface area contributed by atoms with Crippen molar-refractivity contribution < 1.29 is 14.3 Å². The average molecular weight is 280 g/mol. The maximum atomic E-state index is 12.2. The Balaban J connectivity index is 1.85. The molecule has 1 heterocycles. The molecule has 0 spiro atoms. The number of hydrogen-bond donors (Lipinski definition) is 1. The van der Waals surface area contributed by atoms with Crippen molar-refractivity contribution in [3.05, 3.63) is 12.2 Å². The van der Waals surface area contributed by atoms with Gasteiger partial charge in [-0.15, -0.1) is 0 Å². The van der Waals surface area contributed by atoms with Gasteiger partial charge in [0.25, 0.3) is 0 Å². The van der Waals surface area contributed by atoms with E-state index in [1.807, 2.05) is 11.8 Å². The fourth-order valence-electron chi connectivity index (χ4n) is 3.01. The Morgan fingerprint density at radius 1 is 1.35 bits per heavy atom. The van der Waals surface area contributed by atoms with Gasteiger partial charge in [-0.05, 0) is 31.6 Å². The summed E-state index contributed by atoms with van der Waals surface area (Å²) in [5, 5.41) is 3.05. The van der Waals surface area contributed by atoms with Crippen molar-refractivity contribution in [3.8, 4) is 0 Å². The molecule has 0 aromatic heterocycles. The van der Waals surface area contributed by atoms with E-state index in [0.717, 1.165) is 19.3 Å². The lowest BCUT2D eigenvalue weighted by atomic mass is 9.87. The van der Waals surface area contributed by atoms with Crippen LogP contribution >= 0.6 is 0 Å². The molecule has 2 rings (SSSR count). The third-order valence-electron chi connectivity index (χ3n) is 4.26. The first-order chi connectivity index (χ1) is 9.61. The van der Waals surface area contributed by atoms with E-state index in [1.165, 1.54) is 7.11 Å². The molecule has 5 nitrogen and oxygen atoms in total. The molecule has 112 valence electrons. The highest BCUT2D eigenvalue weighted by Crippen LogP contribution is 2.24. The first kappa shape index (κ1) is 14.9. The summed E-state index contributed by atoms with van der Waals surface area (Å²) in [5.74, 6) is -0.102. The molecular weight excluding hydrogens is 256 g/mol. The summed E-state index contributed by atoms with van der Waals surface area (Å²) in [7, 11) is 1.42. The highest BCUT2D eigenvalue weighted by molar-refractivity contribution is 5.76. The van der Waals surface area contributed by atoms with E-state index in [-0.39, 0.29) is 29.9 Å². The second kappa shape index (κ2) is 6.77. The number of allylic oxidation sites excluding steroid dienone is 1. The summed E-state index contributed by atoms with van der Waals surface area (Å²) in [4.78, 5) is 25.7. The van der Waals surface area contributed by atoms with Crippen LogP contribution in [0, 0.1) is 11.8 Å². The Morgan fingerprint density at radius 3 is 2.75 bits per heavy atom. The topological polar surface area (TPSA) is 58.6 Å². The van der Waals surface area contributed by atoms with Crippen molar-refractivity contribution >= 4 is 12.0 Å². The number of methoxy groups -OCH3 is 1. The summed E-state index contributed by atoms with van der Waals surface area (Å²) in [6.07, 6.45) is 8.13. The second-order valence-electron chi connectivity index (χ2n) is 5.76. The van der Waals surface area contributed by atoms with Gasteiger partial charge < -0.3 is 15.0 Å². The molecule has 20 heavy (non-hydrogen) atoms. The fourth-order valence-corrected chi connectivity index (χ4v) is 3.01. The predicted molar refractivity (Wildman–Crippen MR) is 76.2 cm³/mol. The third-order valence-corrected chi connectivity index (χ3v) is 4.26. The van der Waals surface area contributed by atoms with Gasteiger partial charge in [-0.25, -0.2) is 4.79 Å². The largest absolute Gasteiger partial charge is 0.469 e. The molecule has 0 aromatic carbocycles. The number of amides is 2. The van der Waals surface area contributed by atoms with Gasteiger partial charge in [0.05, 0.1) is 13.0 Å². The van der Waals surface area contributed by atoms with Crippen LogP contribution in [0.2, 0.25) is 0 Å². The number of carbonyl (C=O) groups is 2. The SMILES string of the molecule is COC(=O)[C@@H]1CCN(C(=O)N[C@H]2C=CCCC2)C[C@@H]1C. The zero-order valence-electron chi connectivity index (χ0n) is 12.3. The quantitative estimate of drug-likeness (QED) is 0.621. The Kier molecular flexibility index (Phi) is 5.04. The van der Waals surface area contributed by atoms with E-state index in [1.54, 1.807) is 0 Å². The average Bonchev–Trinajstić information content (AvgIpc) is 2.47. The predicted octanol–water partition coefficient (Wildman–Crippen LogP) is 1.94. The summed E-state index contributed by atoms with van der Waals surface area (Å²) in [5.41, 5.74) is 0. The molecule has 1 fully saturated rings. The summed E-state index contributed by atoms with van der Waals surface area (Å²) < 4.78 is 4.81. The fraction of sp³-hybridized carbons (Fsp3) is 0.733. The Labute approximate surface area is 120 Å². The molecule has 1 aliphatic heterocycles. The van der Waals surface area contributed by atoms with E-state index < -0.39 is 0 Å². The molecule has 3 atom stereocenters. The number of ether oxygens (including phenoxy) is 1. The molecule has 0 aromatic rings. The number of carbonyl (C=O) groups excluding carboxylic acids is 2. The molecule has 2 amide bonds. The van der Waals surface area contributed by atoms with Gasteiger partial charge in [0.15, 0.2) is 0 Å². The summed E-state index contributed by atoms with van der Waals surface area (Å²) in [6, 6.07) is 0.140. The Bertz CT molecular complexity index is 395. The molecule has 5 heteroatoms. The molecule has 0 radical (unpaired) electrons. The number of nitrogens with one attached hydrogen (secondary N) is 1. The molecule has 1 aliphatic carbocycles. The van der Waals surface area contributed by atoms with Gasteiger partial charge in [0.1, 0.15) is 0 Å². The van der Waals surface area contributed by atoms with Gasteiger partial charge in [0.2, 0.25) is 0 Å². The van der Waals surface area contributed by atoms with Gasteiger partial charge in [-0.2, -0.15) is 0 Å². The molecule has 0 bridgehead atoms. The van der Waals surface area contributed by atoms with E-state index in [4.69, 9.17) is 4.74 Å². The lowest BCUT2D eigenvalue weighted by Crippen LogP contribution is -2.51. The van der Waals surface area contributed by atoms with Gasteiger partial charge >= 0.3 is 12.0 Å². The minimum atomic E-state index is -0.159. The lowest BCUT2D eigenvalue weighted by molar-refractivity contribution is -0.148. The van der Waals surface area contributed by atoms with Crippen molar-refractivity contribution in [2.75, 3.05) is 20.2 Å². The molecular formula is C15H24N2O3. The maximum absolute atomic E-state index is 12.2. The van der Waals surface area contributed by atoms with Crippen LogP contribution in [0.1, 0.15) is 32.6 Å². The van der Waals surface area contributed by atoms with Crippen molar-refractivity contribution in [3.63, 3.8) is 0 Å². The number of likely N-dealkylation sites (tertiary alicyclic amines) is 1. The van der Waals surface area contributed by atoms with E-state index in [9.17, 15) is 9.59 Å². The normalized spacial score (nSPS) is 29.9. The van der Waals surface area contributed by atoms with E-state index in [0.29, 0.717) is 19.5 Å². The number of nitrogens with zero attached hydrogens (tertiary/aromatic N) is 1. The minimum absolute atomic E-state index is 0.0169. The lowest BCUT2D eigenvalue weighted by Gasteiger charge is -2.36. The van der Waals surface area contributed by atoms with Crippen LogP contribution in [0.15, 0.2) is 12.2 Å². The van der Waals surface area contributed by atoms with E-state index >= 15 is 0 Å². The molecule has 1 N–H and O–H groups in total. The maximum Gasteiger partial charge on any atom is 0.317 e. The number of rotatable bonds is 2. The third kappa shape index (κ3) is 3.52. The van der Waals surface area contributed by atoms with Crippen LogP contribution in [0.25, 0.3) is 0 Å². The van der Waals surface area contributed by atoms with Crippen LogP contribution in [-0.2, 0) is 9.53 Å². The van der Waals surface area contributed by atoms with Crippen molar-refractivity contribution in [2.45, 2.75) is 38.6 Å². The molecule has 0 unspecified atom stereocenters. The first-order valence-corrected chi connectivity index (χ1v) is 7.41. The highest BCUT2D eigenvalue weighted by atomic mass is 16.5. The molecule has 1 saturated heterocycles. The summed E-state index contributed by atoms with van der Waals surface area (Å²) in [6.45, 7) is 3.23.